The second-order valence-electron chi connectivity index (χ2n) is 6.24. The number of nitrogens with zero attached hydrogens (tertiary/aromatic N) is 1. The van der Waals surface area contributed by atoms with E-state index in [0.717, 1.165) is 11.8 Å². The third-order valence-electron chi connectivity index (χ3n) is 5.20. The molecule has 3 unspecified atom stereocenters. The van der Waals surface area contributed by atoms with Crippen LogP contribution in [0.25, 0.3) is 0 Å². The zero-order valence-electron chi connectivity index (χ0n) is 10.9. The van der Waals surface area contributed by atoms with Gasteiger partial charge < -0.3 is 5.32 Å². The SMILES string of the molecule is c1ccc2c(c1)CCCC2N1CC2CNCC2C1. The van der Waals surface area contributed by atoms with Crippen LogP contribution >= 0.6 is 0 Å². The van der Waals surface area contributed by atoms with Gasteiger partial charge in [0, 0.05) is 19.1 Å². The quantitative estimate of drug-likeness (QED) is 0.812. The van der Waals surface area contributed by atoms with Crippen molar-refractivity contribution in [3.05, 3.63) is 35.4 Å². The third kappa shape index (κ3) is 1.70. The zero-order chi connectivity index (χ0) is 11.9. The van der Waals surface area contributed by atoms with Crippen LogP contribution in [0.1, 0.15) is 30.0 Å². The molecule has 2 nitrogen and oxygen atoms in total. The topological polar surface area (TPSA) is 15.3 Å². The van der Waals surface area contributed by atoms with Crippen molar-refractivity contribution in [2.24, 2.45) is 11.8 Å². The van der Waals surface area contributed by atoms with Gasteiger partial charge in [0.2, 0.25) is 0 Å². The molecule has 0 spiro atoms. The lowest BCUT2D eigenvalue weighted by molar-refractivity contribution is 0.206. The zero-order valence-corrected chi connectivity index (χ0v) is 10.9. The van der Waals surface area contributed by atoms with Crippen molar-refractivity contribution in [1.82, 2.24) is 10.2 Å². The molecular formula is C16H22N2. The average Bonchev–Trinajstić information content (AvgIpc) is 2.99. The van der Waals surface area contributed by atoms with Crippen LogP contribution in [-0.4, -0.2) is 31.1 Å². The van der Waals surface area contributed by atoms with E-state index in [1.165, 1.54) is 45.4 Å². The minimum atomic E-state index is 0.709. The molecule has 2 heterocycles. The van der Waals surface area contributed by atoms with Gasteiger partial charge in [0.25, 0.3) is 0 Å². The summed E-state index contributed by atoms with van der Waals surface area (Å²) in [6, 6.07) is 9.82. The lowest BCUT2D eigenvalue weighted by Crippen LogP contribution is -2.32. The van der Waals surface area contributed by atoms with Crippen LogP contribution in [0.4, 0.5) is 0 Å². The summed E-state index contributed by atoms with van der Waals surface area (Å²) >= 11 is 0. The molecule has 1 aliphatic carbocycles. The Morgan fingerprint density at radius 3 is 2.67 bits per heavy atom. The minimum Gasteiger partial charge on any atom is -0.316 e. The Bertz CT molecular complexity index is 430. The highest BCUT2D eigenvalue weighted by Crippen LogP contribution is 2.39. The van der Waals surface area contributed by atoms with Gasteiger partial charge in [-0.2, -0.15) is 0 Å². The molecule has 2 heteroatoms. The van der Waals surface area contributed by atoms with E-state index in [2.05, 4.69) is 34.5 Å². The minimum absolute atomic E-state index is 0.709. The summed E-state index contributed by atoms with van der Waals surface area (Å²) in [4.78, 5) is 2.77. The van der Waals surface area contributed by atoms with Crippen LogP contribution in [0.15, 0.2) is 24.3 Å². The van der Waals surface area contributed by atoms with Crippen molar-refractivity contribution in [3.63, 3.8) is 0 Å². The first kappa shape index (κ1) is 11.0. The standard InChI is InChI=1S/C16H22N2/c1-2-6-15-12(4-1)5-3-7-16(15)18-10-13-8-17-9-14(13)11-18/h1-2,4,6,13-14,16-17H,3,5,7-11H2. The average molecular weight is 242 g/mol. The van der Waals surface area contributed by atoms with Gasteiger partial charge in [-0.25, -0.2) is 0 Å². The monoisotopic (exact) mass is 242 g/mol. The van der Waals surface area contributed by atoms with Gasteiger partial charge in [-0.1, -0.05) is 24.3 Å². The van der Waals surface area contributed by atoms with E-state index >= 15 is 0 Å². The Morgan fingerprint density at radius 1 is 1.06 bits per heavy atom. The van der Waals surface area contributed by atoms with Crippen LogP contribution in [0, 0.1) is 11.8 Å². The van der Waals surface area contributed by atoms with Crippen molar-refractivity contribution < 1.29 is 0 Å². The molecule has 0 amide bonds. The summed E-state index contributed by atoms with van der Waals surface area (Å²) in [5, 5.41) is 3.54. The largest absolute Gasteiger partial charge is 0.316 e. The van der Waals surface area contributed by atoms with Gasteiger partial charge in [-0.3, -0.25) is 4.90 Å². The van der Waals surface area contributed by atoms with Crippen molar-refractivity contribution in [3.8, 4) is 0 Å². The smallest absolute Gasteiger partial charge is 0.0351 e. The van der Waals surface area contributed by atoms with E-state index in [9.17, 15) is 0 Å². The van der Waals surface area contributed by atoms with E-state index in [0.29, 0.717) is 6.04 Å². The predicted octanol–water partition coefficient (Wildman–Crippen LogP) is 2.22. The second-order valence-corrected chi connectivity index (χ2v) is 6.24. The Hall–Kier alpha value is -0.860. The number of aryl methyl sites for hydroxylation is 1. The molecule has 1 aromatic carbocycles. The van der Waals surface area contributed by atoms with Gasteiger partial charge in [0.05, 0.1) is 0 Å². The molecular weight excluding hydrogens is 220 g/mol. The van der Waals surface area contributed by atoms with Crippen molar-refractivity contribution in [1.29, 1.82) is 0 Å². The third-order valence-corrected chi connectivity index (χ3v) is 5.20. The number of hydrogen-bond acceptors (Lipinski definition) is 2. The summed E-state index contributed by atoms with van der Waals surface area (Å²) in [7, 11) is 0. The molecule has 3 atom stereocenters. The normalized spacial score (nSPS) is 35.4. The first-order valence-corrected chi connectivity index (χ1v) is 7.44. The predicted molar refractivity (Wildman–Crippen MR) is 73.5 cm³/mol. The summed E-state index contributed by atoms with van der Waals surface area (Å²) in [5.41, 5.74) is 3.22. The van der Waals surface area contributed by atoms with Gasteiger partial charge in [0.1, 0.15) is 0 Å². The molecule has 2 aliphatic heterocycles. The molecule has 3 aliphatic rings. The maximum atomic E-state index is 3.54. The summed E-state index contributed by atoms with van der Waals surface area (Å²) in [6.45, 7) is 5.12. The van der Waals surface area contributed by atoms with Crippen LogP contribution < -0.4 is 5.32 Å². The molecule has 0 saturated carbocycles. The molecule has 2 fully saturated rings. The fourth-order valence-electron chi connectivity index (χ4n) is 4.25. The van der Waals surface area contributed by atoms with Gasteiger partial charge >= 0.3 is 0 Å². The van der Waals surface area contributed by atoms with Gasteiger partial charge in [-0.15, -0.1) is 0 Å². The highest BCUT2D eigenvalue weighted by molar-refractivity contribution is 5.32. The number of hydrogen-bond donors (Lipinski definition) is 1. The first-order valence-electron chi connectivity index (χ1n) is 7.44. The molecule has 1 aromatic rings. The Kier molecular flexibility index (Phi) is 2.66. The molecule has 0 aromatic heterocycles. The molecule has 2 saturated heterocycles. The maximum absolute atomic E-state index is 3.54. The van der Waals surface area contributed by atoms with E-state index < -0.39 is 0 Å². The highest BCUT2D eigenvalue weighted by atomic mass is 15.2. The van der Waals surface area contributed by atoms with Crippen LogP contribution in [0.2, 0.25) is 0 Å². The summed E-state index contributed by atoms with van der Waals surface area (Å²) < 4.78 is 0. The number of likely N-dealkylation sites (tertiary alicyclic amines) is 1. The van der Waals surface area contributed by atoms with E-state index in [4.69, 9.17) is 0 Å². The van der Waals surface area contributed by atoms with Crippen LogP contribution in [0.3, 0.4) is 0 Å². The van der Waals surface area contributed by atoms with Gasteiger partial charge in [-0.05, 0) is 55.3 Å². The fraction of sp³-hybridized carbons (Fsp3) is 0.625. The molecule has 1 N–H and O–H groups in total. The Balaban J connectivity index is 1.59. The number of benzene rings is 1. The maximum Gasteiger partial charge on any atom is 0.0351 e. The van der Waals surface area contributed by atoms with Crippen molar-refractivity contribution in [2.75, 3.05) is 26.2 Å². The molecule has 96 valence electrons. The van der Waals surface area contributed by atoms with Crippen LogP contribution in [0.5, 0.6) is 0 Å². The number of nitrogens with one attached hydrogen (secondary N) is 1. The number of rotatable bonds is 1. The van der Waals surface area contributed by atoms with Gasteiger partial charge in [0.15, 0.2) is 0 Å². The molecule has 18 heavy (non-hydrogen) atoms. The lowest BCUT2D eigenvalue weighted by atomic mass is 9.87. The van der Waals surface area contributed by atoms with E-state index in [-0.39, 0.29) is 0 Å². The Morgan fingerprint density at radius 2 is 1.83 bits per heavy atom. The summed E-state index contributed by atoms with van der Waals surface area (Å²) in [6.07, 6.45) is 4.02. The first-order chi connectivity index (χ1) is 8.92. The van der Waals surface area contributed by atoms with Crippen molar-refractivity contribution in [2.45, 2.75) is 25.3 Å². The van der Waals surface area contributed by atoms with Crippen LogP contribution in [-0.2, 0) is 6.42 Å². The second kappa shape index (κ2) is 4.36. The fourth-order valence-corrected chi connectivity index (χ4v) is 4.25. The summed E-state index contributed by atoms with van der Waals surface area (Å²) in [5.74, 6) is 1.83. The molecule has 4 rings (SSSR count). The lowest BCUT2D eigenvalue weighted by Gasteiger charge is -2.33. The highest BCUT2D eigenvalue weighted by Gasteiger charge is 2.39. The molecule has 0 bridgehead atoms. The van der Waals surface area contributed by atoms with Crippen molar-refractivity contribution >= 4 is 0 Å². The Labute approximate surface area is 109 Å². The van der Waals surface area contributed by atoms with E-state index in [1.54, 1.807) is 11.1 Å². The molecule has 0 radical (unpaired) electrons. The van der Waals surface area contributed by atoms with E-state index in [1.807, 2.05) is 0 Å². The number of fused-ring (bicyclic) bond motifs is 2.